The minimum Gasteiger partial charge on any atom is -0.388 e. The van der Waals surface area contributed by atoms with Gasteiger partial charge in [0.15, 0.2) is 0 Å². The number of rotatable bonds is 3. The summed E-state index contributed by atoms with van der Waals surface area (Å²) in [5.74, 6) is -0.132. The summed E-state index contributed by atoms with van der Waals surface area (Å²) in [6, 6.07) is 3.55. The largest absolute Gasteiger partial charge is 0.388 e. The molecule has 0 aliphatic rings. The maximum Gasteiger partial charge on any atom is 0.269 e. The molecule has 1 aromatic heterocycles. The molecule has 16 heavy (non-hydrogen) atoms. The number of carbonyl (C=O) groups excluding carboxylic acids is 1. The Kier molecular flexibility index (Phi) is 3.88. The highest BCUT2D eigenvalue weighted by molar-refractivity contribution is 5.93. The summed E-state index contributed by atoms with van der Waals surface area (Å²) in [5, 5.41) is 5.84. The van der Waals surface area contributed by atoms with Crippen molar-refractivity contribution < 1.29 is 4.79 Å². The van der Waals surface area contributed by atoms with E-state index in [0.717, 1.165) is 5.69 Å². The average molecular weight is 221 g/mol. The maximum absolute atomic E-state index is 11.8. The van der Waals surface area contributed by atoms with Gasteiger partial charge in [-0.15, -0.1) is 0 Å². The monoisotopic (exact) mass is 221 g/mol. The first-order chi connectivity index (χ1) is 7.42. The normalized spacial score (nSPS) is 11.0. The zero-order valence-corrected chi connectivity index (χ0v) is 10.3. The molecule has 1 heterocycles. The van der Waals surface area contributed by atoms with Crippen LogP contribution in [0.3, 0.4) is 0 Å². The van der Waals surface area contributed by atoms with Gasteiger partial charge >= 0.3 is 0 Å². The number of pyridine rings is 1. The lowest BCUT2D eigenvalue weighted by atomic mass is 9.97. The number of aromatic nitrogens is 1. The third kappa shape index (κ3) is 3.88. The van der Waals surface area contributed by atoms with Crippen LogP contribution >= 0.6 is 0 Å². The zero-order valence-electron chi connectivity index (χ0n) is 10.3. The van der Waals surface area contributed by atoms with E-state index >= 15 is 0 Å². The second-order valence-corrected chi connectivity index (χ2v) is 4.92. The molecule has 1 aromatic rings. The standard InChI is InChI=1S/C12H19N3O/c1-12(2,3)8-15-11(16)10-7-9(13-4)5-6-14-10/h5-7H,8H2,1-4H3,(H,13,14)(H,15,16). The number of anilines is 1. The first-order valence-corrected chi connectivity index (χ1v) is 5.34. The zero-order chi connectivity index (χ0) is 12.2. The van der Waals surface area contributed by atoms with Crippen LogP contribution in [0.15, 0.2) is 18.3 Å². The van der Waals surface area contributed by atoms with Crippen molar-refractivity contribution in [3.05, 3.63) is 24.0 Å². The van der Waals surface area contributed by atoms with Crippen molar-refractivity contribution in [2.24, 2.45) is 5.41 Å². The number of nitrogens with zero attached hydrogens (tertiary/aromatic N) is 1. The number of hydrogen-bond acceptors (Lipinski definition) is 3. The molecule has 88 valence electrons. The predicted molar refractivity (Wildman–Crippen MR) is 65.6 cm³/mol. The van der Waals surface area contributed by atoms with E-state index in [-0.39, 0.29) is 11.3 Å². The van der Waals surface area contributed by atoms with E-state index in [1.807, 2.05) is 13.1 Å². The molecule has 1 amide bonds. The summed E-state index contributed by atoms with van der Waals surface area (Å²) in [6.45, 7) is 6.86. The lowest BCUT2D eigenvalue weighted by Crippen LogP contribution is -2.32. The van der Waals surface area contributed by atoms with Gasteiger partial charge in [-0.25, -0.2) is 0 Å². The Hall–Kier alpha value is -1.58. The lowest BCUT2D eigenvalue weighted by Gasteiger charge is -2.18. The van der Waals surface area contributed by atoms with Gasteiger partial charge in [-0.05, 0) is 17.5 Å². The summed E-state index contributed by atoms with van der Waals surface area (Å²) in [5.41, 5.74) is 1.41. The predicted octanol–water partition coefficient (Wildman–Crippen LogP) is 1.90. The minimum atomic E-state index is -0.132. The van der Waals surface area contributed by atoms with Crippen LogP contribution in [0.4, 0.5) is 5.69 Å². The Labute approximate surface area is 96.5 Å². The Balaban J connectivity index is 2.66. The fourth-order valence-electron chi connectivity index (χ4n) is 1.15. The number of amides is 1. The summed E-state index contributed by atoms with van der Waals surface area (Å²) in [4.78, 5) is 15.8. The summed E-state index contributed by atoms with van der Waals surface area (Å²) in [6.07, 6.45) is 1.62. The molecule has 4 nitrogen and oxygen atoms in total. The van der Waals surface area contributed by atoms with E-state index in [9.17, 15) is 4.79 Å². The van der Waals surface area contributed by atoms with E-state index in [1.165, 1.54) is 0 Å². The molecule has 0 saturated carbocycles. The molecule has 1 rings (SSSR count). The average Bonchev–Trinajstić information content (AvgIpc) is 2.25. The molecule has 2 N–H and O–H groups in total. The van der Waals surface area contributed by atoms with Crippen LogP contribution in [0, 0.1) is 5.41 Å². The van der Waals surface area contributed by atoms with Crippen LogP contribution in [0.5, 0.6) is 0 Å². The molecule has 0 unspecified atom stereocenters. The van der Waals surface area contributed by atoms with E-state index in [1.54, 1.807) is 12.3 Å². The van der Waals surface area contributed by atoms with Crippen molar-refractivity contribution in [1.82, 2.24) is 10.3 Å². The third-order valence-electron chi connectivity index (χ3n) is 2.06. The quantitative estimate of drug-likeness (QED) is 0.819. The molecular weight excluding hydrogens is 202 g/mol. The van der Waals surface area contributed by atoms with Crippen LogP contribution in [-0.2, 0) is 0 Å². The van der Waals surface area contributed by atoms with E-state index in [4.69, 9.17) is 0 Å². The van der Waals surface area contributed by atoms with Gasteiger partial charge < -0.3 is 10.6 Å². The van der Waals surface area contributed by atoms with Crippen LogP contribution in [0.25, 0.3) is 0 Å². The Morgan fingerprint density at radius 1 is 1.44 bits per heavy atom. The van der Waals surface area contributed by atoms with Crippen molar-refractivity contribution >= 4 is 11.6 Å². The molecule has 0 aliphatic heterocycles. The first-order valence-electron chi connectivity index (χ1n) is 5.34. The van der Waals surface area contributed by atoms with Gasteiger partial charge in [-0.1, -0.05) is 20.8 Å². The third-order valence-corrected chi connectivity index (χ3v) is 2.06. The maximum atomic E-state index is 11.8. The second kappa shape index (κ2) is 4.96. The van der Waals surface area contributed by atoms with Gasteiger partial charge in [0.1, 0.15) is 5.69 Å². The van der Waals surface area contributed by atoms with Crippen molar-refractivity contribution in [3.63, 3.8) is 0 Å². The van der Waals surface area contributed by atoms with Gasteiger partial charge in [0.05, 0.1) is 0 Å². The van der Waals surface area contributed by atoms with Crippen molar-refractivity contribution in [3.8, 4) is 0 Å². The minimum absolute atomic E-state index is 0.0796. The molecular formula is C12H19N3O. The number of nitrogens with one attached hydrogen (secondary N) is 2. The van der Waals surface area contributed by atoms with Gasteiger partial charge in [0, 0.05) is 25.5 Å². The molecule has 0 atom stereocenters. The fraction of sp³-hybridized carbons (Fsp3) is 0.500. The van der Waals surface area contributed by atoms with E-state index in [2.05, 4.69) is 36.4 Å². The SMILES string of the molecule is CNc1ccnc(C(=O)NCC(C)(C)C)c1. The number of hydrogen-bond donors (Lipinski definition) is 2. The molecule has 0 spiro atoms. The van der Waals surface area contributed by atoms with Crippen LogP contribution in [0.2, 0.25) is 0 Å². The molecule has 0 saturated heterocycles. The highest BCUT2D eigenvalue weighted by atomic mass is 16.1. The lowest BCUT2D eigenvalue weighted by molar-refractivity contribution is 0.0934. The summed E-state index contributed by atoms with van der Waals surface area (Å²) >= 11 is 0. The van der Waals surface area contributed by atoms with Crippen LogP contribution in [0.1, 0.15) is 31.3 Å². The number of carbonyl (C=O) groups is 1. The molecule has 0 aliphatic carbocycles. The Morgan fingerprint density at radius 3 is 2.69 bits per heavy atom. The van der Waals surface area contributed by atoms with Crippen LogP contribution < -0.4 is 10.6 Å². The van der Waals surface area contributed by atoms with Gasteiger partial charge in [0.2, 0.25) is 0 Å². The molecule has 0 aromatic carbocycles. The smallest absolute Gasteiger partial charge is 0.269 e. The topological polar surface area (TPSA) is 54.0 Å². The second-order valence-electron chi connectivity index (χ2n) is 4.92. The van der Waals surface area contributed by atoms with E-state index < -0.39 is 0 Å². The Bertz CT molecular complexity index is 369. The van der Waals surface area contributed by atoms with Crippen LogP contribution in [-0.4, -0.2) is 24.5 Å². The highest BCUT2D eigenvalue weighted by Crippen LogP contribution is 2.11. The van der Waals surface area contributed by atoms with E-state index in [0.29, 0.717) is 12.2 Å². The van der Waals surface area contributed by atoms with Gasteiger partial charge in [0.25, 0.3) is 5.91 Å². The van der Waals surface area contributed by atoms with Crippen molar-refractivity contribution in [2.45, 2.75) is 20.8 Å². The molecule has 0 bridgehead atoms. The Morgan fingerprint density at radius 2 is 2.12 bits per heavy atom. The summed E-state index contributed by atoms with van der Waals surface area (Å²) < 4.78 is 0. The fourth-order valence-corrected chi connectivity index (χ4v) is 1.15. The van der Waals surface area contributed by atoms with Crippen molar-refractivity contribution in [1.29, 1.82) is 0 Å². The molecule has 0 fully saturated rings. The summed E-state index contributed by atoms with van der Waals surface area (Å²) in [7, 11) is 1.81. The highest BCUT2D eigenvalue weighted by Gasteiger charge is 2.13. The first kappa shape index (κ1) is 12.5. The van der Waals surface area contributed by atoms with Gasteiger partial charge in [-0.2, -0.15) is 0 Å². The molecule has 4 heteroatoms. The van der Waals surface area contributed by atoms with Gasteiger partial charge in [-0.3, -0.25) is 9.78 Å². The van der Waals surface area contributed by atoms with Crippen molar-refractivity contribution in [2.75, 3.05) is 18.9 Å². The molecule has 0 radical (unpaired) electrons.